The number of nitrogens with zero attached hydrogens (tertiary/aromatic N) is 4. The van der Waals surface area contributed by atoms with E-state index in [1.54, 1.807) is 117 Å². The van der Waals surface area contributed by atoms with Gasteiger partial charge >= 0.3 is 17.9 Å². The number of aromatic nitrogens is 3. The van der Waals surface area contributed by atoms with Crippen LogP contribution in [-0.2, 0) is 23.9 Å². The number of benzene rings is 3. The van der Waals surface area contributed by atoms with Crippen molar-refractivity contribution in [3.8, 4) is 17.2 Å². The summed E-state index contributed by atoms with van der Waals surface area (Å²) in [5.41, 5.74) is 1.91. The van der Waals surface area contributed by atoms with Crippen LogP contribution in [0.5, 0.6) is 17.2 Å². The first kappa shape index (κ1) is 62.3. The van der Waals surface area contributed by atoms with Gasteiger partial charge in [-0.1, -0.05) is 54.6 Å². The van der Waals surface area contributed by atoms with Gasteiger partial charge in [-0.05, 0) is 116 Å². The molecule has 0 saturated heterocycles. The minimum Gasteiger partial charge on any atom is -0.494 e. The Morgan fingerprint density at radius 1 is 0.542 bits per heavy atom. The van der Waals surface area contributed by atoms with E-state index in [2.05, 4.69) is 25.6 Å². The van der Waals surface area contributed by atoms with Crippen LogP contribution in [0.2, 0.25) is 0 Å². The van der Waals surface area contributed by atoms with Crippen molar-refractivity contribution in [2.45, 2.75) is 87.9 Å². The van der Waals surface area contributed by atoms with E-state index in [-0.39, 0.29) is 26.1 Å². The van der Waals surface area contributed by atoms with Crippen LogP contribution in [0.3, 0.4) is 0 Å². The van der Waals surface area contributed by atoms with Gasteiger partial charge in [0.15, 0.2) is 5.49 Å². The predicted octanol–water partition coefficient (Wildman–Crippen LogP) is 11.4. The van der Waals surface area contributed by atoms with Crippen LogP contribution < -0.4 is 30.3 Å². The number of hydrogen-bond acceptors (Lipinski definition) is 14. The molecular weight excluding hydrogens is 1090 g/mol. The predicted molar refractivity (Wildman–Crippen MR) is 295 cm³/mol. The molecule has 3 aromatic carbocycles. The summed E-state index contributed by atoms with van der Waals surface area (Å²) in [6.07, 6.45) is 6.07. The number of hydrogen-bond donors (Lipinski definition) is 4. The van der Waals surface area contributed by atoms with Crippen molar-refractivity contribution in [1.82, 2.24) is 14.7 Å². The van der Waals surface area contributed by atoms with Gasteiger partial charge in [0, 0.05) is 62.4 Å². The van der Waals surface area contributed by atoms with Gasteiger partial charge in [-0.25, -0.2) is 36.3 Å². The van der Waals surface area contributed by atoms with Gasteiger partial charge in [-0.3, -0.25) is 19.4 Å². The summed E-state index contributed by atoms with van der Waals surface area (Å²) < 4.78 is 111. The third kappa shape index (κ3) is 18.1. The number of carboxylic acids is 1. The van der Waals surface area contributed by atoms with Gasteiger partial charge in [-0.15, -0.1) is 0 Å². The Hall–Kier alpha value is -8.30. The minimum atomic E-state index is -2.95. The van der Waals surface area contributed by atoms with Crippen LogP contribution in [0.1, 0.15) is 86.8 Å². The van der Waals surface area contributed by atoms with Crippen LogP contribution in [0, 0.1) is 17.8 Å². The van der Waals surface area contributed by atoms with Gasteiger partial charge in [0.2, 0.25) is 0 Å². The number of ether oxygens (including phenoxy) is 5. The third-order valence-electron chi connectivity index (χ3n) is 13.9. The number of alkyl halides is 6. The highest BCUT2D eigenvalue weighted by Gasteiger charge is 2.70. The molecule has 6 unspecified atom stereocenters. The quantitative estimate of drug-likeness (QED) is 0.0156. The van der Waals surface area contributed by atoms with Crippen molar-refractivity contribution in [3.05, 3.63) is 168 Å². The second-order valence-electron chi connectivity index (χ2n) is 19.8. The lowest BCUT2D eigenvalue weighted by Crippen LogP contribution is -2.17. The van der Waals surface area contributed by atoms with E-state index in [4.69, 9.17) is 28.8 Å². The van der Waals surface area contributed by atoms with Gasteiger partial charge in [0.05, 0.1) is 70.1 Å². The average molecular weight is 1160 g/mol. The number of rotatable bonds is 28. The maximum atomic E-state index is 14.0. The molecular formula is C61H68F6N6O10. The molecule has 9 rings (SSSR count). The topological polar surface area (TPSA) is 205 Å². The molecule has 22 heteroatoms. The molecule has 3 aliphatic carbocycles. The molecule has 0 bridgehead atoms. The van der Waals surface area contributed by atoms with E-state index >= 15 is 0 Å². The standard InChI is InChI=1S/C21H24F2N2O4.C21H24F2N2O3.C19H20F2N2O3/c1-2-28-19(26)14-17-20(21(17,22)23)15-7-9-16(10-8-15)29-13-5-11-24-18-6-3-4-12-25(18)27;1-2-27-19(26)14-17-20(21(17,22)23)15-7-9-16(10-8-15)28-13-5-12-25-18-6-3-4-11-24-18;20-19(21)15(12-17(24)25)18(19)13-5-7-14(8-6-13)26-11-3-10-23-16-4-1-2-9-22-16/h3-4,6-10,12,17,20,27H,2,5,11,13-14H2,1H3;3-4,6-11,17,20H,2,5,12-14H2,1H3,(H,24,25);1-2,4-9,15,18H,3,10-12H2,(H,22,23)(H,24,25). The van der Waals surface area contributed by atoms with E-state index < -0.39 is 77.6 Å². The zero-order chi connectivity index (χ0) is 59.4. The molecule has 0 amide bonds. The smallest absolute Gasteiger partial charge is 0.306 e. The van der Waals surface area contributed by atoms with E-state index in [0.29, 0.717) is 78.8 Å². The molecule has 0 aliphatic heterocycles. The summed E-state index contributed by atoms with van der Waals surface area (Å²) in [7, 11) is 0. The molecule has 3 aromatic heterocycles. The average Bonchev–Trinajstić information content (AvgIpc) is 1.99. The number of nitrogens with one attached hydrogen (secondary N) is 2. The summed E-state index contributed by atoms with van der Waals surface area (Å²) in [6.45, 7) is 7.01. The highest BCUT2D eigenvalue weighted by molar-refractivity contribution is 5.71. The van der Waals surface area contributed by atoms with E-state index in [0.717, 1.165) is 35.8 Å². The summed E-state index contributed by atoms with van der Waals surface area (Å²) in [6, 6.07) is 36.1. The lowest BCUT2D eigenvalue weighted by Gasteiger charge is -2.08. The highest BCUT2D eigenvalue weighted by Crippen LogP contribution is 2.65. The third-order valence-corrected chi connectivity index (χ3v) is 13.9. The number of carbonyl (C=O) groups excluding carboxylic acids is 2. The fourth-order valence-electron chi connectivity index (χ4n) is 9.49. The Kier molecular flexibility index (Phi) is 22.2. The molecule has 3 aliphatic rings. The van der Waals surface area contributed by atoms with Crippen LogP contribution >= 0.6 is 0 Å². The first-order valence-electron chi connectivity index (χ1n) is 27.5. The summed E-state index contributed by atoms with van der Waals surface area (Å²) in [5.74, 6) is -13.7. The number of esters is 2. The largest absolute Gasteiger partial charge is 0.494 e. The van der Waals surface area contributed by atoms with Crippen LogP contribution in [0.4, 0.5) is 38.0 Å². The van der Waals surface area contributed by atoms with Crippen molar-refractivity contribution < 1.29 is 74.7 Å². The Labute approximate surface area is 476 Å². The second kappa shape index (κ2) is 29.6. The molecule has 3 saturated carbocycles. The van der Waals surface area contributed by atoms with Gasteiger partial charge < -0.3 is 44.6 Å². The molecule has 4 N–H and O–H groups in total. The number of carbonyl (C=O) groups is 3. The normalized spacial score (nSPS) is 20.1. The first-order chi connectivity index (χ1) is 39.9. The number of aliphatic carboxylic acids is 1. The second-order valence-corrected chi connectivity index (χ2v) is 19.8. The zero-order valence-electron chi connectivity index (χ0n) is 45.9. The molecule has 3 fully saturated rings. The van der Waals surface area contributed by atoms with E-state index in [1.165, 1.54) is 6.20 Å². The maximum Gasteiger partial charge on any atom is 0.306 e. The lowest BCUT2D eigenvalue weighted by atomic mass is 10.1. The monoisotopic (exact) mass is 1160 g/mol. The molecule has 444 valence electrons. The highest BCUT2D eigenvalue weighted by atomic mass is 19.3. The molecule has 6 aromatic rings. The summed E-state index contributed by atoms with van der Waals surface area (Å²) in [5, 5.41) is 24.6. The fourth-order valence-corrected chi connectivity index (χ4v) is 9.49. The molecule has 0 spiro atoms. The van der Waals surface area contributed by atoms with Gasteiger partial charge in [-0.2, -0.15) is 4.73 Å². The lowest BCUT2D eigenvalue weighted by molar-refractivity contribution is -0.145. The first-order valence-corrected chi connectivity index (χ1v) is 27.5. The Morgan fingerprint density at radius 3 is 1.29 bits per heavy atom. The Balaban J connectivity index is 0.000000179. The van der Waals surface area contributed by atoms with Crippen molar-refractivity contribution in [3.63, 3.8) is 0 Å². The molecule has 16 nitrogen and oxygen atoms in total. The van der Waals surface area contributed by atoms with Crippen LogP contribution in [0.25, 0.3) is 0 Å². The van der Waals surface area contributed by atoms with Crippen molar-refractivity contribution in [2.24, 2.45) is 22.7 Å². The number of halogens is 6. The molecule has 3 heterocycles. The van der Waals surface area contributed by atoms with Gasteiger partial charge in [0.25, 0.3) is 17.8 Å². The summed E-state index contributed by atoms with van der Waals surface area (Å²) in [4.78, 5) is 46.2. The van der Waals surface area contributed by atoms with E-state index in [1.807, 2.05) is 36.4 Å². The van der Waals surface area contributed by atoms with E-state index in [9.17, 15) is 45.9 Å². The van der Waals surface area contributed by atoms with Crippen LogP contribution in [-0.4, -0.2) is 113 Å². The number of carboxylic acid groups (broad SMARTS) is 1. The summed E-state index contributed by atoms with van der Waals surface area (Å²) >= 11 is 0. The molecule has 6 atom stereocenters. The SMILES string of the molecule is CCOC(=O)CC1C(c2ccc(OCCCN=c3ccccn3O)cc2)C1(F)F.CCOC(=O)CC1C(c2ccc(OCCCNc3ccccn3)cc2)C1(F)F.O=C(O)CC1C(c2ccc(OCCCNc3ccccn3)cc2)C1(F)F. The van der Waals surface area contributed by atoms with Crippen LogP contribution in [0.15, 0.2) is 151 Å². The number of pyridine rings is 3. The minimum absolute atomic E-state index is 0.187. The van der Waals surface area contributed by atoms with Crippen molar-refractivity contribution in [2.75, 3.05) is 63.3 Å². The zero-order valence-corrected chi connectivity index (χ0v) is 45.9. The van der Waals surface area contributed by atoms with Gasteiger partial charge in [0.1, 0.15) is 28.9 Å². The Morgan fingerprint density at radius 2 is 0.928 bits per heavy atom. The Bertz CT molecular complexity index is 3050. The fraction of sp³-hybridized carbons (Fsp3) is 0.410. The number of anilines is 2. The van der Waals surface area contributed by atoms with Crippen molar-refractivity contribution >= 4 is 29.5 Å². The molecule has 0 radical (unpaired) electrons. The van der Waals surface area contributed by atoms with Crippen molar-refractivity contribution in [1.29, 1.82) is 0 Å². The molecule has 83 heavy (non-hydrogen) atoms. The maximum absolute atomic E-state index is 14.0.